The quantitative estimate of drug-likeness (QED) is 0.746. The van der Waals surface area contributed by atoms with Gasteiger partial charge in [0.25, 0.3) is 0 Å². The predicted molar refractivity (Wildman–Crippen MR) is 69.1 cm³/mol. The molecule has 1 aromatic carbocycles. The largest absolute Gasteiger partial charge is 0.443 e. The van der Waals surface area contributed by atoms with Gasteiger partial charge in [-0.25, -0.2) is 14.3 Å². The molecule has 0 fully saturated rings. The van der Waals surface area contributed by atoms with E-state index in [2.05, 4.69) is 20.9 Å². The fourth-order valence-corrected chi connectivity index (χ4v) is 1.79. The highest BCUT2D eigenvalue weighted by Gasteiger charge is 2.19. The maximum absolute atomic E-state index is 11.9. The van der Waals surface area contributed by atoms with E-state index in [4.69, 9.17) is 4.74 Å². The van der Waals surface area contributed by atoms with Gasteiger partial charge in [0.15, 0.2) is 0 Å². The maximum Gasteiger partial charge on any atom is 0.420 e. The first-order valence-electron chi connectivity index (χ1n) is 5.23. The third-order valence-electron chi connectivity index (χ3n) is 2.10. The Bertz CT molecular complexity index is 569. The number of benzene rings is 1. The van der Waals surface area contributed by atoms with Crippen molar-refractivity contribution in [2.75, 3.05) is 0 Å². The molecule has 0 spiro atoms. The second-order valence-electron chi connectivity index (χ2n) is 4.73. The Balaban J connectivity index is 2.42. The van der Waals surface area contributed by atoms with Crippen LogP contribution in [0.4, 0.5) is 4.79 Å². The Kier molecular flexibility index (Phi) is 2.95. The van der Waals surface area contributed by atoms with Crippen LogP contribution in [0.3, 0.4) is 0 Å². The van der Waals surface area contributed by atoms with Gasteiger partial charge in [-0.15, -0.1) is 0 Å². The van der Waals surface area contributed by atoms with E-state index in [0.29, 0.717) is 0 Å². The first-order valence-corrected chi connectivity index (χ1v) is 6.02. The van der Waals surface area contributed by atoms with Crippen molar-refractivity contribution in [3.63, 3.8) is 0 Å². The highest BCUT2D eigenvalue weighted by Crippen LogP contribution is 2.20. The van der Waals surface area contributed by atoms with Gasteiger partial charge in [0.2, 0.25) is 0 Å². The summed E-state index contributed by atoms with van der Waals surface area (Å²) in [5, 5.41) is 0. The summed E-state index contributed by atoms with van der Waals surface area (Å²) in [5.41, 5.74) is 0.979. The van der Waals surface area contributed by atoms with Crippen LogP contribution in [-0.2, 0) is 4.74 Å². The standard InChI is InChI=1S/C12H13BrN2O2/c1-12(2,3)17-11(16)15-7-14-9-5-4-8(13)6-10(9)15/h4-7H,1-3H3. The molecule has 4 nitrogen and oxygen atoms in total. The van der Waals surface area contributed by atoms with Gasteiger partial charge in [0.1, 0.15) is 11.9 Å². The van der Waals surface area contributed by atoms with Crippen LogP contribution >= 0.6 is 15.9 Å². The molecule has 0 amide bonds. The minimum atomic E-state index is -0.514. The number of halogens is 1. The first kappa shape index (κ1) is 12.1. The van der Waals surface area contributed by atoms with E-state index in [-0.39, 0.29) is 0 Å². The maximum atomic E-state index is 11.9. The van der Waals surface area contributed by atoms with Gasteiger partial charge in [-0.2, -0.15) is 0 Å². The summed E-state index contributed by atoms with van der Waals surface area (Å²) in [5.74, 6) is 0. The van der Waals surface area contributed by atoms with Gasteiger partial charge < -0.3 is 4.74 Å². The summed E-state index contributed by atoms with van der Waals surface area (Å²) in [4.78, 5) is 16.1. The minimum Gasteiger partial charge on any atom is -0.443 e. The van der Waals surface area contributed by atoms with Gasteiger partial charge in [-0.05, 0) is 39.0 Å². The lowest BCUT2D eigenvalue weighted by molar-refractivity contribution is 0.0543. The van der Waals surface area contributed by atoms with Crippen LogP contribution in [0.25, 0.3) is 11.0 Å². The van der Waals surface area contributed by atoms with Crippen molar-refractivity contribution in [2.45, 2.75) is 26.4 Å². The van der Waals surface area contributed by atoms with Gasteiger partial charge >= 0.3 is 6.09 Å². The van der Waals surface area contributed by atoms with Crippen molar-refractivity contribution < 1.29 is 9.53 Å². The topological polar surface area (TPSA) is 44.1 Å². The van der Waals surface area contributed by atoms with Crippen LogP contribution in [-0.4, -0.2) is 21.2 Å². The van der Waals surface area contributed by atoms with Gasteiger partial charge in [-0.3, -0.25) is 0 Å². The molecule has 0 aliphatic heterocycles. The number of hydrogen-bond donors (Lipinski definition) is 0. The van der Waals surface area contributed by atoms with E-state index in [0.717, 1.165) is 15.5 Å². The van der Waals surface area contributed by atoms with Crippen LogP contribution in [0.5, 0.6) is 0 Å². The number of nitrogens with zero attached hydrogens (tertiary/aromatic N) is 2. The predicted octanol–water partition coefficient (Wildman–Crippen LogP) is 3.58. The van der Waals surface area contributed by atoms with Gasteiger partial charge in [0.05, 0.1) is 11.0 Å². The normalized spacial score (nSPS) is 11.8. The van der Waals surface area contributed by atoms with Crippen LogP contribution < -0.4 is 0 Å². The highest BCUT2D eigenvalue weighted by molar-refractivity contribution is 9.10. The molecule has 0 aliphatic rings. The second-order valence-corrected chi connectivity index (χ2v) is 5.64. The Morgan fingerprint density at radius 2 is 2.12 bits per heavy atom. The summed E-state index contributed by atoms with van der Waals surface area (Å²) in [7, 11) is 0. The second kappa shape index (κ2) is 4.14. The molecule has 0 saturated heterocycles. The lowest BCUT2D eigenvalue weighted by Gasteiger charge is -2.19. The molecule has 5 heteroatoms. The Morgan fingerprint density at radius 1 is 1.41 bits per heavy atom. The Labute approximate surface area is 108 Å². The molecule has 2 rings (SSSR count). The van der Waals surface area contributed by atoms with E-state index in [1.165, 1.54) is 10.9 Å². The molecule has 90 valence electrons. The Hall–Kier alpha value is -1.36. The minimum absolute atomic E-state index is 0.418. The molecule has 0 radical (unpaired) electrons. The summed E-state index contributed by atoms with van der Waals surface area (Å²) in [6.07, 6.45) is 1.06. The molecule has 2 aromatic rings. The number of ether oxygens (including phenoxy) is 1. The fourth-order valence-electron chi connectivity index (χ4n) is 1.44. The van der Waals surface area contributed by atoms with Crippen LogP contribution in [0.15, 0.2) is 29.0 Å². The van der Waals surface area contributed by atoms with Crippen LogP contribution in [0, 0.1) is 0 Å². The summed E-state index contributed by atoms with van der Waals surface area (Å²) >= 11 is 3.37. The molecule has 0 N–H and O–H groups in total. The van der Waals surface area contributed by atoms with Crippen LogP contribution in [0.1, 0.15) is 20.8 Å². The zero-order valence-corrected chi connectivity index (χ0v) is 11.5. The number of rotatable bonds is 0. The summed E-state index contributed by atoms with van der Waals surface area (Å²) < 4.78 is 7.61. The summed E-state index contributed by atoms with van der Waals surface area (Å²) in [6, 6.07) is 5.57. The van der Waals surface area contributed by atoms with Gasteiger partial charge in [0, 0.05) is 4.47 Å². The first-order chi connectivity index (χ1) is 7.87. The zero-order valence-electron chi connectivity index (χ0n) is 9.90. The SMILES string of the molecule is CC(C)(C)OC(=O)n1cnc2ccc(Br)cc21. The lowest BCUT2D eigenvalue weighted by Crippen LogP contribution is -2.26. The highest BCUT2D eigenvalue weighted by atomic mass is 79.9. The van der Waals surface area contributed by atoms with E-state index < -0.39 is 11.7 Å². The molecular formula is C12H13BrN2O2. The lowest BCUT2D eigenvalue weighted by atomic mass is 10.2. The average Bonchev–Trinajstić information content (AvgIpc) is 2.57. The van der Waals surface area contributed by atoms with Crippen molar-refractivity contribution in [1.29, 1.82) is 0 Å². The van der Waals surface area contributed by atoms with E-state index in [1.54, 1.807) is 0 Å². The van der Waals surface area contributed by atoms with Crippen molar-refractivity contribution in [3.8, 4) is 0 Å². The third kappa shape index (κ3) is 2.66. The number of carbonyl (C=O) groups excluding carboxylic acids is 1. The number of imidazole rings is 1. The van der Waals surface area contributed by atoms with E-state index >= 15 is 0 Å². The van der Waals surface area contributed by atoms with Crippen LogP contribution in [0.2, 0.25) is 0 Å². The molecular weight excluding hydrogens is 284 g/mol. The monoisotopic (exact) mass is 296 g/mol. The number of fused-ring (bicyclic) bond motifs is 1. The molecule has 1 heterocycles. The average molecular weight is 297 g/mol. The van der Waals surface area contributed by atoms with E-state index in [9.17, 15) is 4.79 Å². The summed E-state index contributed by atoms with van der Waals surface area (Å²) in [6.45, 7) is 5.50. The molecule has 17 heavy (non-hydrogen) atoms. The van der Waals surface area contributed by atoms with Gasteiger partial charge in [-0.1, -0.05) is 15.9 Å². The van der Waals surface area contributed by atoms with Crippen molar-refractivity contribution in [1.82, 2.24) is 9.55 Å². The van der Waals surface area contributed by atoms with Crippen molar-refractivity contribution in [2.24, 2.45) is 0 Å². The molecule has 0 atom stereocenters. The number of carbonyl (C=O) groups is 1. The zero-order chi connectivity index (χ0) is 12.6. The van der Waals surface area contributed by atoms with E-state index in [1.807, 2.05) is 39.0 Å². The molecule has 0 bridgehead atoms. The van der Waals surface area contributed by atoms with Crippen molar-refractivity contribution in [3.05, 3.63) is 29.0 Å². The fraction of sp³-hybridized carbons (Fsp3) is 0.333. The molecule has 0 unspecified atom stereocenters. The Morgan fingerprint density at radius 3 is 2.76 bits per heavy atom. The number of hydrogen-bond acceptors (Lipinski definition) is 3. The molecule has 0 aliphatic carbocycles. The van der Waals surface area contributed by atoms with Crippen molar-refractivity contribution >= 4 is 33.1 Å². The molecule has 0 saturated carbocycles. The number of aromatic nitrogens is 2. The third-order valence-corrected chi connectivity index (χ3v) is 2.59. The smallest absolute Gasteiger partial charge is 0.420 e. The molecule has 1 aromatic heterocycles.